The highest BCUT2D eigenvalue weighted by atomic mass is 16.4. The number of carbonyl (C=O) groups is 2. The Hall–Kier alpha value is -2.30. The molecule has 1 rings (SSSR count). The summed E-state index contributed by atoms with van der Waals surface area (Å²) in [5.74, 6) is -2.19. The summed E-state index contributed by atoms with van der Waals surface area (Å²) in [5, 5.41) is 26.2. The second-order valence-corrected chi connectivity index (χ2v) is 3.41. The van der Waals surface area contributed by atoms with Crippen molar-refractivity contribution in [2.24, 2.45) is 0 Å². The quantitative estimate of drug-likeness (QED) is 0.680. The lowest BCUT2D eigenvalue weighted by atomic mass is 10.00. The lowest BCUT2D eigenvalue weighted by molar-refractivity contribution is 0.0680. The average molecular weight is 236 g/mol. The summed E-state index contributed by atoms with van der Waals surface area (Å²) in [7, 11) is 0. The third-order valence-corrected chi connectivity index (χ3v) is 2.27. The van der Waals surface area contributed by atoms with Gasteiger partial charge in [0.1, 0.15) is 0 Å². The number of aliphatic hydroxyl groups excluding tert-OH is 1. The summed E-state index contributed by atoms with van der Waals surface area (Å²) in [4.78, 5) is 21.7. The maximum Gasteiger partial charge on any atom is 0.335 e. The molecular formula is C12H12O5. The molecule has 0 amide bonds. The number of hydrogen-bond donors (Lipinski definition) is 3. The van der Waals surface area contributed by atoms with E-state index in [2.05, 4.69) is 0 Å². The van der Waals surface area contributed by atoms with Gasteiger partial charge in [-0.1, -0.05) is 0 Å². The highest BCUT2D eigenvalue weighted by molar-refractivity contribution is 5.93. The third-order valence-electron chi connectivity index (χ3n) is 2.27. The maximum atomic E-state index is 10.9. The van der Waals surface area contributed by atoms with Gasteiger partial charge in [0.15, 0.2) is 0 Å². The van der Waals surface area contributed by atoms with Gasteiger partial charge < -0.3 is 15.3 Å². The van der Waals surface area contributed by atoms with Crippen molar-refractivity contribution in [2.75, 3.05) is 0 Å². The molecule has 90 valence electrons. The van der Waals surface area contributed by atoms with Crippen LogP contribution in [0.2, 0.25) is 0 Å². The number of hydrogen-bond acceptors (Lipinski definition) is 3. The van der Waals surface area contributed by atoms with Crippen LogP contribution < -0.4 is 0 Å². The van der Waals surface area contributed by atoms with E-state index in [0.717, 1.165) is 6.26 Å². The van der Waals surface area contributed by atoms with Gasteiger partial charge in [0.25, 0.3) is 0 Å². The summed E-state index contributed by atoms with van der Waals surface area (Å²) in [6.07, 6.45) is 3.15. The molecule has 0 radical (unpaired) electrons. The largest absolute Gasteiger partial charge is 0.516 e. The Kier molecular flexibility index (Phi) is 4.28. The van der Waals surface area contributed by atoms with Crippen LogP contribution in [0.4, 0.5) is 0 Å². The molecule has 0 aliphatic heterocycles. The van der Waals surface area contributed by atoms with Crippen molar-refractivity contribution in [1.29, 1.82) is 0 Å². The van der Waals surface area contributed by atoms with Crippen LogP contribution >= 0.6 is 0 Å². The van der Waals surface area contributed by atoms with Crippen molar-refractivity contribution in [3.05, 3.63) is 47.2 Å². The minimum atomic E-state index is -1.10. The molecule has 3 N–H and O–H groups in total. The van der Waals surface area contributed by atoms with Gasteiger partial charge in [-0.3, -0.25) is 0 Å². The number of carboxylic acid groups (broad SMARTS) is 2. The minimum absolute atomic E-state index is 0.0537. The summed E-state index contributed by atoms with van der Waals surface area (Å²) in [6.45, 7) is 0. The van der Waals surface area contributed by atoms with E-state index in [0.29, 0.717) is 18.4 Å². The molecule has 0 saturated carbocycles. The summed E-state index contributed by atoms with van der Waals surface area (Å²) < 4.78 is 0. The van der Waals surface area contributed by atoms with Crippen LogP contribution in [0, 0.1) is 0 Å². The normalized spacial score (nSPS) is 10.6. The van der Waals surface area contributed by atoms with Crippen LogP contribution in [0.15, 0.2) is 30.5 Å². The Balaban J connectivity index is 3.06. The fourth-order valence-electron chi connectivity index (χ4n) is 1.46. The predicted octanol–water partition coefficient (Wildman–Crippen LogP) is 2.09. The van der Waals surface area contributed by atoms with E-state index in [1.54, 1.807) is 0 Å². The molecule has 5 nitrogen and oxygen atoms in total. The molecule has 0 aliphatic rings. The van der Waals surface area contributed by atoms with E-state index in [-0.39, 0.29) is 11.1 Å². The van der Waals surface area contributed by atoms with Crippen LogP contribution in [-0.4, -0.2) is 27.3 Å². The van der Waals surface area contributed by atoms with Crippen molar-refractivity contribution in [3.63, 3.8) is 0 Å². The molecule has 1 aromatic rings. The highest BCUT2D eigenvalue weighted by Crippen LogP contribution is 2.15. The number of aryl methyl sites for hydroxylation is 1. The highest BCUT2D eigenvalue weighted by Gasteiger charge is 2.12. The summed E-state index contributed by atoms with van der Waals surface area (Å²) >= 11 is 0. The fourth-order valence-corrected chi connectivity index (χ4v) is 1.46. The van der Waals surface area contributed by atoms with Crippen molar-refractivity contribution >= 4 is 11.9 Å². The molecule has 0 bridgehead atoms. The minimum Gasteiger partial charge on any atom is -0.516 e. The number of aromatic carboxylic acids is 2. The average Bonchev–Trinajstić information content (AvgIpc) is 2.28. The Labute approximate surface area is 97.6 Å². The van der Waals surface area contributed by atoms with Crippen LogP contribution in [0.1, 0.15) is 32.7 Å². The fraction of sp³-hybridized carbons (Fsp3) is 0.167. The Bertz CT molecular complexity index is 462. The number of allylic oxidation sites excluding steroid dienone is 1. The smallest absolute Gasteiger partial charge is 0.335 e. The van der Waals surface area contributed by atoms with Crippen LogP contribution in [-0.2, 0) is 6.42 Å². The zero-order valence-electron chi connectivity index (χ0n) is 8.96. The zero-order chi connectivity index (χ0) is 12.8. The molecule has 5 heteroatoms. The maximum absolute atomic E-state index is 10.9. The molecule has 17 heavy (non-hydrogen) atoms. The van der Waals surface area contributed by atoms with E-state index in [9.17, 15) is 9.59 Å². The molecule has 0 unspecified atom stereocenters. The van der Waals surface area contributed by atoms with E-state index in [1.165, 1.54) is 24.3 Å². The molecule has 0 aromatic heterocycles. The molecule has 0 atom stereocenters. The standard InChI is InChI=1S/C12H12O5/c13-6-2-1-3-8-7-9(11(14)15)4-5-10(8)12(16)17/h2,4-7,13H,1,3H2,(H,14,15)(H,16,17). The molecular weight excluding hydrogens is 224 g/mol. The Morgan fingerprint density at radius 2 is 1.88 bits per heavy atom. The van der Waals surface area contributed by atoms with Gasteiger partial charge in [-0.25, -0.2) is 9.59 Å². The number of rotatable bonds is 5. The van der Waals surface area contributed by atoms with E-state index >= 15 is 0 Å². The van der Waals surface area contributed by atoms with Gasteiger partial charge >= 0.3 is 11.9 Å². The first-order valence-electron chi connectivity index (χ1n) is 4.95. The van der Waals surface area contributed by atoms with Crippen LogP contribution in [0.25, 0.3) is 0 Å². The lowest BCUT2D eigenvalue weighted by Gasteiger charge is -2.05. The Morgan fingerprint density at radius 3 is 2.41 bits per heavy atom. The van der Waals surface area contributed by atoms with Gasteiger partial charge in [-0.2, -0.15) is 0 Å². The summed E-state index contributed by atoms with van der Waals surface area (Å²) in [5.41, 5.74) is 0.579. The second-order valence-electron chi connectivity index (χ2n) is 3.41. The number of aliphatic hydroxyl groups is 1. The van der Waals surface area contributed by atoms with E-state index in [1.807, 2.05) is 0 Å². The molecule has 0 spiro atoms. The van der Waals surface area contributed by atoms with Gasteiger partial charge in [0.05, 0.1) is 17.4 Å². The van der Waals surface area contributed by atoms with Gasteiger partial charge in [-0.15, -0.1) is 0 Å². The molecule has 0 saturated heterocycles. The van der Waals surface area contributed by atoms with Crippen molar-refractivity contribution in [2.45, 2.75) is 12.8 Å². The first-order chi connectivity index (χ1) is 8.06. The Morgan fingerprint density at radius 1 is 1.18 bits per heavy atom. The third kappa shape index (κ3) is 3.34. The predicted molar refractivity (Wildman–Crippen MR) is 60.5 cm³/mol. The molecule has 0 heterocycles. The van der Waals surface area contributed by atoms with Crippen LogP contribution in [0.5, 0.6) is 0 Å². The zero-order valence-corrected chi connectivity index (χ0v) is 8.96. The monoisotopic (exact) mass is 236 g/mol. The summed E-state index contributed by atoms with van der Waals surface area (Å²) in [6, 6.07) is 3.89. The van der Waals surface area contributed by atoms with E-state index in [4.69, 9.17) is 15.3 Å². The van der Waals surface area contributed by atoms with Crippen molar-refractivity contribution in [3.8, 4) is 0 Å². The first-order valence-corrected chi connectivity index (χ1v) is 4.95. The SMILES string of the molecule is O=C(O)c1ccc(C(=O)O)c(CCC=CO)c1. The van der Waals surface area contributed by atoms with E-state index < -0.39 is 11.9 Å². The number of carboxylic acids is 2. The topological polar surface area (TPSA) is 94.8 Å². The first kappa shape index (κ1) is 12.8. The van der Waals surface area contributed by atoms with Gasteiger partial charge in [0.2, 0.25) is 0 Å². The molecule has 0 aliphatic carbocycles. The van der Waals surface area contributed by atoms with Gasteiger partial charge in [0, 0.05) is 0 Å². The number of benzene rings is 1. The molecule has 0 fully saturated rings. The van der Waals surface area contributed by atoms with Crippen molar-refractivity contribution in [1.82, 2.24) is 0 Å². The van der Waals surface area contributed by atoms with Crippen molar-refractivity contribution < 1.29 is 24.9 Å². The lowest BCUT2D eigenvalue weighted by Crippen LogP contribution is -2.05. The second kappa shape index (κ2) is 5.69. The van der Waals surface area contributed by atoms with Crippen LogP contribution in [0.3, 0.4) is 0 Å². The van der Waals surface area contributed by atoms with Gasteiger partial charge in [-0.05, 0) is 42.7 Å². The molecule has 1 aromatic carbocycles.